The van der Waals surface area contributed by atoms with Crippen molar-refractivity contribution < 1.29 is 9.47 Å². The average molecular weight is 441 g/mol. The number of nitrogens with zero attached hydrogens (tertiary/aromatic N) is 3. The molecule has 6 nitrogen and oxygen atoms in total. The molecule has 2 aliphatic rings. The van der Waals surface area contributed by atoms with E-state index >= 15 is 0 Å². The van der Waals surface area contributed by atoms with Crippen molar-refractivity contribution in [3.63, 3.8) is 0 Å². The van der Waals surface area contributed by atoms with E-state index in [1.54, 1.807) is 14.2 Å². The first-order valence-electron chi connectivity index (χ1n) is 11.3. The SMILES string of the molecule is COc1cc(CCCC2=NN3C=CN=C(c4c[nH]c5ccccc45)C3=CCC2)cc(OC)c1. The molecular formula is C27H28N4O2. The van der Waals surface area contributed by atoms with Crippen LogP contribution in [0.2, 0.25) is 0 Å². The zero-order valence-corrected chi connectivity index (χ0v) is 19.0. The van der Waals surface area contributed by atoms with E-state index in [0.717, 1.165) is 66.1 Å². The summed E-state index contributed by atoms with van der Waals surface area (Å²) in [6.45, 7) is 0. The van der Waals surface area contributed by atoms with Gasteiger partial charge in [0.1, 0.15) is 11.5 Å². The van der Waals surface area contributed by atoms with Gasteiger partial charge in [-0.2, -0.15) is 5.10 Å². The molecule has 1 aromatic heterocycles. The average Bonchev–Trinajstić information content (AvgIpc) is 3.16. The summed E-state index contributed by atoms with van der Waals surface area (Å²) in [5.41, 5.74) is 6.66. The summed E-state index contributed by atoms with van der Waals surface area (Å²) >= 11 is 0. The second kappa shape index (κ2) is 9.36. The van der Waals surface area contributed by atoms with Gasteiger partial charge in [0.15, 0.2) is 0 Å². The smallest absolute Gasteiger partial charge is 0.122 e. The summed E-state index contributed by atoms with van der Waals surface area (Å²) in [6.07, 6.45) is 12.9. The highest BCUT2D eigenvalue weighted by Crippen LogP contribution is 2.28. The Bertz CT molecular complexity index is 1260. The Morgan fingerprint density at radius 3 is 2.67 bits per heavy atom. The highest BCUT2D eigenvalue weighted by Gasteiger charge is 2.22. The molecule has 0 atom stereocenters. The minimum atomic E-state index is 0.826. The van der Waals surface area contributed by atoms with Gasteiger partial charge in [-0.25, -0.2) is 5.01 Å². The zero-order chi connectivity index (χ0) is 22.6. The Labute approximate surface area is 193 Å². The Kier molecular flexibility index (Phi) is 5.98. The Balaban J connectivity index is 1.30. The first-order chi connectivity index (χ1) is 16.2. The van der Waals surface area contributed by atoms with Crippen molar-refractivity contribution in [1.82, 2.24) is 9.99 Å². The number of hydrazone groups is 1. The van der Waals surface area contributed by atoms with Crippen molar-refractivity contribution in [3.05, 3.63) is 84.0 Å². The number of para-hydroxylation sites is 1. The monoisotopic (exact) mass is 440 g/mol. The van der Waals surface area contributed by atoms with Crippen LogP contribution in [0.1, 0.15) is 36.8 Å². The van der Waals surface area contributed by atoms with Gasteiger partial charge in [0, 0.05) is 46.8 Å². The Hall–Kier alpha value is -3.80. The van der Waals surface area contributed by atoms with Gasteiger partial charge < -0.3 is 14.5 Å². The molecule has 5 rings (SSSR count). The summed E-state index contributed by atoms with van der Waals surface area (Å²) in [4.78, 5) is 8.08. The maximum absolute atomic E-state index is 5.40. The van der Waals surface area contributed by atoms with Gasteiger partial charge in [-0.15, -0.1) is 0 Å². The van der Waals surface area contributed by atoms with E-state index in [4.69, 9.17) is 19.6 Å². The van der Waals surface area contributed by atoms with Gasteiger partial charge in [0.25, 0.3) is 0 Å². The van der Waals surface area contributed by atoms with Crippen LogP contribution in [-0.2, 0) is 6.42 Å². The van der Waals surface area contributed by atoms with Gasteiger partial charge in [-0.3, -0.25) is 4.99 Å². The number of allylic oxidation sites excluding steroid dienone is 2. The number of hydrogen-bond acceptors (Lipinski definition) is 5. The molecule has 0 saturated carbocycles. The molecule has 0 unspecified atom stereocenters. The van der Waals surface area contributed by atoms with Crippen LogP contribution >= 0.6 is 0 Å². The lowest BCUT2D eigenvalue weighted by atomic mass is 10.0. The molecular weight excluding hydrogens is 412 g/mol. The lowest BCUT2D eigenvalue weighted by Crippen LogP contribution is -2.21. The molecule has 0 aliphatic carbocycles. The number of H-pyrrole nitrogens is 1. The van der Waals surface area contributed by atoms with Crippen molar-refractivity contribution in [2.45, 2.75) is 32.1 Å². The van der Waals surface area contributed by atoms with Crippen LogP contribution in [0, 0.1) is 0 Å². The van der Waals surface area contributed by atoms with E-state index in [-0.39, 0.29) is 0 Å². The van der Waals surface area contributed by atoms with Gasteiger partial charge >= 0.3 is 0 Å². The number of hydrogen-bond donors (Lipinski definition) is 1. The fourth-order valence-electron chi connectivity index (χ4n) is 4.44. The van der Waals surface area contributed by atoms with E-state index in [1.807, 2.05) is 35.7 Å². The highest BCUT2D eigenvalue weighted by molar-refractivity contribution is 6.19. The number of aromatic amines is 1. The van der Waals surface area contributed by atoms with Crippen LogP contribution in [0.4, 0.5) is 0 Å². The van der Waals surface area contributed by atoms with Gasteiger partial charge in [-0.05, 0) is 55.9 Å². The zero-order valence-electron chi connectivity index (χ0n) is 19.0. The van der Waals surface area contributed by atoms with Crippen LogP contribution < -0.4 is 9.47 Å². The van der Waals surface area contributed by atoms with Crippen molar-refractivity contribution in [2.24, 2.45) is 10.1 Å². The van der Waals surface area contributed by atoms with Crippen molar-refractivity contribution in [3.8, 4) is 11.5 Å². The predicted octanol–water partition coefficient (Wildman–Crippen LogP) is 5.82. The second-order valence-electron chi connectivity index (χ2n) is 8.24. The normalized spacial score (nSPS) is 15.5. The summed E-state index contributed by atoms with van der Waals surface area (Å²) in [5.74, 6) is 1.65. The van der Waals surface area contributed by atoms with Gasteiger partial charge in [0.05, 0.1) is 25.6 Å². The third-order valence-electron chi connectivity index (χ3n) is 6.11. The quantitative estimate of drug-likeness (QED) is 0.504. The lowest BCUT2D eigenvalue weighted by Gasteiger charge is -2.22. The predicted molar refractivity (Wildman–Crippen MR) is 133 cm³/mol. The molecule has 0 spiro atoms. The minimum Gasteiger partial charge on any atom is -0.497 e. The number of nitrogens with one attached hydrogen (secondary N) is 1. The van der Waals surface area contributed by atoms with E-state index in [0.29, 0.717) is 0 Å². The number of fused-ring (bicyclic) bond motifs is 2. The molecule has 0 saturated heterocycles. The number of methoxy groups -OCH3 is 2. The minimum absolute atomic E-state index is 0.826. The Morgan fingerprint density at radius 1 is 1.03 bits per heavy atom. The standard InChI is InChI=1S/C27H28N4O2/c1-32-21-15-19(16-22(17-21)33-2)7-5-8-20-9-6-12-26-27(28-13-14-31(26)30-20)24-18-29-25-11-4-3-10-23(24)25/h3-4,10-18,29H,5-9H2,1-2H3. The molecule has 6 heteroatoms. The second-order valence-corrected chi connectivity index (χ2v) is 8.24. The third kappa shape index (κ3) is 4.42. The van der Waals surface area contributed by atoms with Gasteiger partial charge in [0.2, 0.25) is 0 Å². The van der Waals surface area contributed by atoms with Crippen LogP contribution in [0.25, 0.3) is 10.9 Å². The molecule has 33 heavy (non-hydrogen) atoms. The van der Waals surface area contributed by atoms with Crippen LogP contribution in [0.15, 0.2) is 82.9 Å². The van der Waals surface area contributed by atoms with Crippen LogP contribution in [0.5, 0.6) is 11.5 Å². The number of aryl methyl sites for hydroxylation is 1. The molecule has 0 bridgehead atoms. The molecule has 3 aromatic rings. The number of rotatable bonds is 7. The molecule has 1 N–H and O–H groups in total. The van der Waals surface area contributed by atoms with E-state index < -0.39 is 0 Å². The van der Waals surface area contributed by atoms with Crippen molar-refractivity contribution in [2.75, 3.05) is 14.2 Å². The largest absolute Gasteiger partial charge is 0.497 e. The number of aromatic nitrogens is 1. The summed E-state index contributed by atoms with van der Waals surface area (Å²) in [5, 5.41) is 8.15. The highest BCUT2D eigenvalue weighted by atomic mass is 16.5. The summed E-state index contributed by atoms with van der Waals surface area (Å²) in [7, 11) is 3.37. The maximum atomic E-state index is 5.40. The molecule has 0 fully saturated rings. The van der Waals surface area contributed by atoms with E-state index in [1.165, 1.54) is 16.7 Å². The topological polar surface area (TPSA) is 62.2 Å². The molecule has 0 amide bonds. The van der Waals surface area contributed by atoms with Crippen molar-refractivity contribution >= 4 is 22.3 Å². The molecule has 2 aliphatic heterocycles. The fraction of sp³-hybridized carbons (Fsp3) is 0.259. The number of benzene rings is 2. The van der Waals surface area contributed by atoms with Gasteiger partial charge in [-0.1, -0.05) is 24.3 Å². The van der Waals surface area contributed by atoms with Crippen LogP contribution in [-0.4, -0.2) is 35.6 Å². The lowest BCUT2D eigenvalue weighted by molar-refractivity contribution is 0.393. The first-order valence-corrected chi connectivity index (χ1v) is 11.3. The molecule has 3 heterocycles. The van der Waals surface area contributed by atoms with Crippen LogP contribution in [0.3, 0.4) is 0 Å². The first kappa shape index (κ1) is 21.1. The van der Waals surface area contributed by atoms with E-state index in [2.05, 4.69) is 41.4 Å². The summed E-state index contributed by atoms with van der Waals surface area (Å²) < 4.78 is 10.8. The molecule has 2 aromatic carbocycles. The summed E-state index contributed by atoms with van der Waals surface area (Å²) in [6, 6.07) is 14.4. The number of aliphatic imine (C=N–C) groups is 1. The fourth-order valence-corrected chi connectivity index (χ4v) is 4.44. The molecule has 168 valence electrons. The number of ether oxygens (including phenoxy) is 2. The van der Waals surface area contributed by atoms with Crippen molar-refractivity contribution in [1.29, 1.82) is 0 Å². The maximum Gasteiger partial charge on any atom is 0.122 e. The third-order valence-corrected chi connectivity index (χ3v) is 6.11. The Morgan fingerprint density at radius 2 is 1.85 bits per heavy atom. The van der Waals surface area contributed by atoms with E-state index in [9.17, 15) is 0 Å². The molecule has 0 radical (unpaired) electrons.